The number of esters is 1. The van der Waals surface area contributed by atoms with Gasteiger partial charge in [-0.2, -0.15) is 13.2 Å². The Morgan fingerprint density at radius 1 is 0.857 bits per heavy atom. The molecule has 0 aliphatic carbocycles. The van der Waals surface area contributed by atoms with Crippen LogP contribution in [0.1, 0.15) is 74.2 Å². The van der Waals surface area contributed by atoms with E-state index in [9.17, 15) is 22.8 Å². The summed E-state index contributed by atoms with van der Waals surface area (Å²) in [4.78, 5) is 23.2. The number of unbranched alkanes of at least 4 members (excludes halogenated alkanes) is 1. The molecule has 0 bridgehead atoms. The van der Waals surface area contributed by atoms with Crippen LogP contribution in [0.4, 0.5) is 13.2 Å². The van der Waals surface area contributed by atoms with E-state index in [0.29, 0.717) is 25.0 Å². The average Bonchev–Trinajstić information content (AvgIpc) is 2.80. The van der Waals surface area contributed by atoms with Crippen molar-refractivity contribution in [3.05, 3.63) is 90.1 Å². The summed E-state index contributed by atoms with van der Waals surface area (Å²) in [5, 5.41) is 9.11. The van der Waals surface area contributed by atoms with E-state index in [1.807, 2.05) is 18.2 Å². The Labute approximate surface area is 205 Å². The number of benzene rings is 1. The van der Waals surface area contributed by atoms with Gasteiger partial charge in [-0.15, -0.1) is 0 Å². The maximum Gasteiger partial charge on any atom is 0.416 e. The van der Waals surface area contributed by atoms with Crippen molar-refractivity contribution in [2.45, 2.75) is 64.5 Å². The Balaban J connectivity index is 2.28. The van der Waals surface area contributed by atoms with E-state index in [4.69, 9.17) is 9.84 Å². The molecule has 0 aromatic heterocycles. The predicted molar refractivity (Wildman–Crippen MR) is 132 cm³/mol. The minimum Gasteiger partial charge on any atom is -0.478 e. The van der Waals surface area contributed by atoms with Crippen LogP contribution in [-0.4, -0.2) is 17.0 Å². The van der Waals surface area contributed by atoms with Crippen LogP contribution < -0.4 is 4.74 Å². The van der Waals surface area contributed by atoms with Crippen LogP contribution >= 0.6 is 0 Å². The number of rotatable bonds is 15. The number of carboxylic acid groups (broad SMARTS) is 1. The highest BCUT2D eigenvalue weighted by Crippen LogP contribution is 2.33. The van der Waals surface area contributed by atoms with Crippen LogP contribution in [-0.2, 0) is 11.0 Å². The first-order valence-corrected chi connectivity index (χ1v) is 11.7. The summed E-state index contributed by atoms with van der Waals surface area (Å²) in [6.07, 6.45) is 21.7. The molecule has 35 heavy (non-hydrogen) atoms. The molecule has 190 valence electrons. The summed E-state index contributed by atoms with van der Waals surface area (Å²) in [5.74, 6) is -2.85. The van der Waals surface area contributed by atoms with E-state index in [1.165, 1.54) is 0 Å². The first-order chi connectivity index (χ1) is 16.8. The molecule has 1 rings (SSSR count). The molecule has 0 amide bonds. The van der Waals surface area contributed by atoms with Crippen LogP contribution in [0.25, 0.3) is 0 Å². The number of carboxylic acids is 1. The fourth-order valence-corrected chi connectivity index (χ4v) is 2.87. The number of carbonyl (C=O) groups excluding carboxylic acids is 1. The van der Waals surface area contributed by atoms with Crippen molar-refractivity contribution in [2.24, 2.45) is 0 Å². The number of hydrogen-bond donors (Lipinski definition) is 1. The molecule has 1 N–H and O–H groups in total. The van der Waals surface area contributed by atoms with Gasteiger partial charge in [0, 0.05) is 6.42 Å². The van der Waals surface area contributed by atoms with Gasteiger partial charge in [-0.05, 0) is 63.1 Å². The number of allylic oxidation sites excluding steroid dienone is 10. The maximum atomic E-state index is 12.9. The van der Waals surface area contributed by atoms with Gasteiger partial charge in [0.25, 0.3) is 0 Å². The molecule has 7 heteroatoms. The molecule has 1 aromatic rings. The molecular weight excluding hydrogens is 457 g/mol. The number of hydrogen-bond acceptors (Lipinski definition) is 3. The topological polar surface area (TPSA) is 63.6 Å². The van der Waals surface area contributed by atoms with E-state index in [2.05, 4.69) is 49.5 Å². The lowest BCUT2D eigenvalue weighted by atomic mass is 10.1. The van der Waals surface area contributed by atoms with Gasteiger partial charge >= 0.3 is 18.1 Å². The molecule has 0 radical (unpaired) electrons. The molecule has 4 nitrogen and oxygen atoms in total. The van der Waals surface area contributed by atoms with Gasteiger partial charge < -0.3 is 9.84 Å². The third kappa shape index (κ3) is 13.8. The molecule has 0 saturated heterocycles. The first kappa shape index (κ1) is 29.7. The zero-order valence-corrected chi connectivity index (χ0v) is 20.0. The van der Waals surface area contributed by atoms with Gasteiger partial charge in [0.1, 0.15) is 11.3 Å². The molecule has 0 aliphatic heterocycles. The minimum atomic E-state index is -4.67. The number of carbonyl (C=O) groups is 2. The fraction of sp³-hybridized carbons (Fsp3) is 0.357. The van der Waals surface area contributed by atoms with Crippen molar-refractivity contribution in [3.8, 4) is 5.75 Å². The Hall–Kier alpha value is -3.35. The molecule has 0 aliphatic rings. The Kier molecular flexibility index (Phi) is 14.5. The van der Waals surface area contributed by atoms with Crippen LogP contribution in [0.2, 0.25) is 0 Å². The van der Waals surface area contributed by atoms with E-state index < -0.39 is 35.0 Å². The van der Waals surface area contributed by atoms with Crippen LogP contribution in [0.3, 0.4) is 0 Å². The van der Waals surface area contributed by atoms with Crippen molar-refractivity contribution in [2.75, 3.05) is 0 Å². The van der Waals surface area contributed by atoms with Gasteiger partial charge in [0.05, 0.1) is 5.56 Å². The van der Waals surface area contributed by atoms with Crippen LogP contribution in [0.15, 0.2) is 79.0 Å². The summed E-state index contributed by atoms with van der Waals surface area (Å²) in [6.45, 7) is 2.11. The fourth-order valence-electron chi connectivity index (χ4n) is 2.87. The highest BCUT2D eigenvalue weighted by atomic mass is 19.4. The van der Waals surface area contributed by atoms with Gasteiger partial charge in [0.15, 0.2) is 0 Å². The summed E-state index contributed by atoms with van der Waals surface area (Å²) in [6, 6.07) is 1.96. The van der Waals surface area contributed by atoms with Crippen molar-refractivity contribution in [1.29, 1.82) is 0 Å². The second kappa shape index (κ2) is 17.1. The lowest BCUT2D eigenvalue weighted by Crippen LogP contribution is -2.13. The van der Waals surface area contributed by atoms with Crippen molar-refractivity contribution in [1.82, 2.24) is 0 Å². The maximum absolute atomic E-state index is 12.9. The zero-order chi connectivity index (χ0) is 25.9. The van der Waals surface area contributed by atoms with Gasteiger partial charge in [-0.25, -0.2) is 4.79 Å². The number of aromatic carboxylic acids is 1. The molecule has 0 heterocycles. The molecular formula is C28H33F3O4. The third-order valence-corrected chi connectivity index (χ3v) is 4.67. The quantitative estimate of drug-likeness (QED) is 0.116. The number of halogens is 3. The lowest BCUT2D eigenvalue weighted by molar-refractivity contribution is -0.139. The first-order valence-electron chi connectivity index (χ1n) is 11.7. The van der Waals surface area contributed by atoms with Crippen molar-refractivity contribution >= 4 is 11.9 Å². The SMILES string of the molecule is CCC=CCC=CCC=CCC=CCC=CCCCC(=O)Oc1cc(C(F)(F)F)ccc1C(=O)O. The van der Waals surface area contributed by atoms with Gasteiger partial charge in [-0.3, -0.25) is 4.79 Å². The summed E-state index contributed by atoms with van der Waals surface area (Å²) in [7, 11) is 0. The van der Waals surface area contributed by atoms with E-state index in [0.717, 1.165) is 38.2 Å². The van der Waals surface area contributed by atoms with Crippen LogP contribution in [0, 0.1) is 0 Å². The largest absolute Gasteiger partial charge is 0.478 e. The monoisotopic (exact) mass is 490 g/mol. The Morgan fingerprint density at radius 2 is 1.37 bits per heavy atom. The number of alkyl halides is 3. The van der Waals surface area contributed by atoms with E-state index in [1.54, 1.807) is 0 Å². The van der Waals surface area contributed by atoms with E-state index in [-0.39, 0.29) is 6.42 Å². The van der Waals surface area contributed by atoms with Gasteiger partial charge in [0.2, 0.25) is 0 Å². The lowest BCUT2D eigenvalue weighted by Gasteiger charge is -2.11. The molecule has 0 spiro atoms. The Morgan fingerprint density at radius 3 is 1.86 bits per heavy atom. The van der Waals surface area contributed by atoms with Crippen LogP contribution in [0.5, 0.6) is 5.75 Å². The summed E-state index contributed by atoms with van der Waals surface area (Å²) in [5.41, 5.74) is -1.58. The smallest absolute Gasteiger partial charge is 0.416 e. The standard InChI is InChI=1S/C28H33F3O4/c1-2-3-4-5-6-7-8-9-10-11-12-13-14-15-16-17-18-19-26(32)35-25-22-23(28(29,30)31)20-21-24(25)27(33)34/h3-4,6-7,9-10,12-13,15-16,20-22H,2,5,8,11,14,17-19H2,1H3,(H,33,34). The minimum absolute atomic E-state index is 0.0381. The third-order valence-electron chi connectivity index (χ3n) is 4.67. The van der Waals surface area contributed by atoms with E-state index >= 15 is 0 Å². The molecule has 0 saturated carbocycles. The highest BCUT2D eigenvalue weighted by Gasteiger charge is 2.32. The summed E-state index contributed by atoms with van der Waals surface area (Å²) >= 11 is 0. The van der Waals surface area contributed by atoms with Crippen molar-refractivity contribution < 1.29 is 32.6 Å². The molecule has 0 fully saturated rings. The van der Waals surface area contributed by atoms with Crippen molar-refractivity contribution in [3.63, 3.8) is 0 Å². The normalized spacial score (nSPS) is 12.7. The summed E-state index contributed by atoms with van der Waals surface area (Å²) < 4.78 is 43.5. The molecule has 0 atom stereocenters. The highest BCUT2D eigenvalue weighted by molar-refractivity contribution is 5.92. The molecule has 0 unspecified atom stereocenters. The average molecular weight is 491 g/mol. The number of ether oxygens (including phenoxy) is 1. The second-order valence-electron chi connectivity index (χ2n) is 7.59. The zero-order valence-electron chi connectivity index (χ0n) is 20.0. The molecule has 1 aromatic carbocycles. The Bertz CT molecular complexity index is 938. The predicted octanol–water partition coefficient (Wildman–Crippen LogP) is 8.23. The van der Waals surface area contributed by atoms with Gasteiger partial charge in [-0.1, -0.05) is 67.7 Å². The second-order valence-corrected chi connectivity index (χ2v) is 7.59.